The lowest BCUT2D eigenvalue weighted by Gasteiger charge is -2.10. The molecule has 1 aromatic rings. The first-order chi connectivity index (χ1) is 11.5. The van der Waals surface area contributed by atoms with E-state index in [2.05, 4.69) is 14.2 Å². The van der Waals surface area contributed by atoms with E-state index in [0.29, 0.717) is 0 Å². The number of esters is 2. The number of hydrogen-bond donors (Lipinski definition) is 1. The average molecular weight is 340 g/mol. The van der Waals surface area contributed by atoms with Crippen molar-refractivity contribution in [3.63, 3.8) is 0 Å². The molecular formula is C14H12O10. The summed E-state index contributed by atoms with van der Waals surface area (Å²) in [6.45, 7) is -1.77. The third kappa shape index (κ3) is 3.79. The lowest BCUT2D eigenvalue weighted by molar-refractivity contribution is -0.207. The van der Waals surface area contributed by atoms with Crippen molar-refractivity contribution in [3.8, 4) is 11.5 Å². The highest BCUT2D eigenvalue weighted by molar-refractivity contribution is 5.81. The minimum absolute atomic E-state index is 0.113. The van der Waals surface area contributed by atoms with E-state index in [1.54, 1.807) is 0 Å². The van der Waals surface area contributed by atoms with E-state index in [9.17, 15) is 14.4 Å². The number of carbonyl (C=O) groups is 3. The van der Waals surface area contributed by atoms with Gasteiger partial charge in [0.1, 0.15) is 18.1 Å². The van der Waals surface area contributed by atoms with Crippen LogP contribution in [0.5, 0.6) is 11.5 Å². The van der Waals surface area contributed by atoms with Crippen LogP contribution in [0.2, 0.25) is 0 Å². The maximum Gasteiger partial charge on any atom is 0.509 e. The van der Waals surface area contributed by atoms with Gasteiger partial charge in [0.25, 0.3) is 6.48 Å². The van der Waals surface area contributed by atoms with Crippen molar-refractivity contribution in [1.82, 2.24) is 0 Å². The summed E-state index contributed by atoms with van der Waals surface area (Å²) >= 11 is 0. The molecule has 0 aromatic heterocycles. The Balaban J connectivity index is 1.52. The van der Waals surface area contributed by atoms with E-state index in [4.69, 9.17) is 19.3 Å². The van der Waals surface area contributed by atoms with E-state index in [1.807, 2.05) is 0 Å². The molecule has 0 aliphatic carbocycles. The van der Waals surface area contributed by atoms with Crippen molar-refractivity contribution >= 4 is 18.1 Å². The lowest BCUT2D eigenvalue weighted by atomic mass is 10.3. The van der Waals surface area contributed by atoms with Crippen LogP contribution >= 0.6 is 0 Å². The Bertz CT molecular complexity index is 639. The van der Waals surface area contributed by atoms with Gasteiger partial charge in [0.05, 0.1) is 6.61 Å². The summed E-state index contributed by atoms with van der Waals surface area (Å²) in [6.07, 6.45) is -3.06. The lowest BCUT2D eigenvalue weighted by Crippen LogP contribution is -2.28. The van der Waals surface area contributed by atoms with Crippen LogP contribution in [0.1, 0.15) is 0 Å². The predicted molar refractivity (Wildman–Crippen MR) is 70.8 cm³/mol. The zero-order valence-corrected chi connectivity index (χ0v) is 12.1. The fourth-order valence-electron chi connectivity index (χ4n) is 1.90. The summed E-state index contributed by atoms with van der Waals surface area (Å²) in [5, 5.41) is 9.00. The SMILES string of the molecule is O=C1OCC(C(=O)Oc2ccc(OC(=O)C3COC(O)O3)cc2)O1. The molecular weight excluding hydrogens is 328 g/mol. The smallest absolute Gasteiger partial charge is 0.430 e. The minimum atomic E-state index is -1.45. The Kier molecular flexibility index (Phi) is 4.60. The van der Waals surface area contributed by atoms with Crippen molar-refractivity contribution in [2.24, 2.45) is 0 Å². The maximum atomic E-state index is 11.7. The van der Waals surface area contributed by atoms with E-state index in [0.717, 1.165) is 0 Å². The van der Waals surface area contributed by atoms with Gasteiger partial charge >= 0.3 is 18.1 Å². The first-order valence-corrected chi connectivity index (χ1v) is 6.83. The van der Waals surface area contributed by atoms with Gasteiger partial charge < -0.3 is 33.5 Å². The Morgan fingerprint density at radius 1 is 1.00 bits per heavy atom. The van der Waals surface area contributed by atoms with Crippen molar-refractivity contribution in [3.05, 3.63) is 24.3 Å². The second kappa shape index (κ2) is 6.83. The van der Waals surface area contributed by atoms with Crippen LogP contribution in [0, 0.1) is 0 Å². The molecule has 1 aromatic carbocycles. The van der Waals surface area contributed by atoms with Crippen LogP contribution in [-0.4, -0.2) is 55.1 Å². The Morgan fingerprint density at radius 2 is 1.58 bits per heavy atom. The zero-order valence-electron chi connectivity index (χ0n) is 12.1. The highest BCUT2D eigenvalue weighted by Crippen LogP contribution is 2.20. The molecule has 0 radical (unpaired) electrons. The third-order valence-corrected chi connectivity index (χ3v) is 3.05. The molecule has 2 aliphatic rings. The van der Waals surface area contributed by atoms with Gasteiger partial charge in [-0.15, -0.1) is 0 Å². The van der Waals surface area contributed by atoms with Crippen molar-refractivity contribution in [2.45, 2.75) is 18.7 Å². The standard InChI is InChI=1S/C14H12O10/c15-11(9-5-19-13(17)23-9)21-7-1-2-8(4-3-7)22-12(16)10-6-20-14(18)24-10/h1-4,9-10,13,17H,5-6H2. The molecule has 0 spiro atoms. The summed E-state index contributed by atoms with van der Waals surface area (Å²) < 4.78 is 28.6. The second-order valence-corrected chi connectivity index (χ2v) is 4.75. The Labute approximate surface area is 134 Å². The number of hydrogen-bond acceptors (Lipinski definition) is 10. The van der Waals surface area contributed by atoms with E-state index in [-0.39, 0.29) is 24.7 Å². The van der Waals surface area contributed by atoms with Gasteiger partial charge in [-0.1, -0.05) is 0 Å². The van der Waals surface area contributed by atoms with Gasteiger partial charge in [-0.3, -0.25) is 0 Å². The summed E-state index contributed by atoms with van der Waals surface area (Å²) in [7, 11) is 0. The molecule has 2 aliphatic heterocycles. The van der Waals surface area contributed by atoms with Crippen molar-refractivity contribution in [1.29, 1.82) is 0 Å². The van der Waals surface area contributed by atoms with E-state index in [1.165, 1.54) is 24.3 Å². The zero-order chi connectivity index (χ0) is 17.1. The molecule has 128 valence electrons. The normalized spacial score (nSPS) is 25.7. The second-order valence-electron chi connectivity index (χ2n) is 4.75. The largest absolute Gasteiger partial charge is 0.509 e. The van der Waals surface area contributed by atoms with Crippen LogP contribution in [0.3, 0.4) is 0 Å². The van der Waals surface area contributed by atoms with Crippen LogP contribution < -0.4 is 9.47 Å². The van der Waals surface area contributed by atoms with Crippen LogP contribution in [0.25, 0.3) is 0 Å². The molecule has 0 saturated carbocycles. The summed E-state index contributed by atoms with van der Waals surface area (Å²) in [5.41, 5.74) is 0. The molecule has 3 unspecified atom stereocenters. The van der Waals surface area contributed by atoms with Gasteiger partial charge in [-0.2, -0.15) is 0 Å². The molecule has 10 heteroatoms. The van der Waals surface area contributed by atoms with Gasteiger partial charge in [0.2, 0.25) is 6.10 Å². The average Bonchev–Trinajstić information content (AvgIpc) is 3.18. The fraction of sp³-hybridized carbons (Fsp3) is 0.357. The number of benzene rings is 1. The third-order valence-electron chi connectivity index (χ3n) is 3.05. The van der Waals surface area contributed by atoms with Gasteiger partial charge in [-0.05, 0) is 24.3 Å². The minimum Gasteiger partial charge on any atom is -0.430 e. The van der Waals surface area contributed by atoms with E-state index >= 15 is 0 Å². The number of aliphatic hydroxyl groups excluding tert-OH is 1. The van der Waals surface area contributed by atoms with Gasteiger partial charge in [0.15, 0.2) is 6.10 Å². The van der Waals surface area contributed by atoms with Crippen LogP contribution in [0.4, 0.5) is 4.79 Å². The summed E-state index contributed by atoms with van der Waals surface area (Å²) in [5.74, 6) is -1.17. The topological polar surface area (TPSA) is 127 Å². The first-order valence-electron chi connectivity index (χ1n) is 6.83. The molecule has 24 heavy (non-hydrogen) atoms. The monoisotopic (exact) mass is 340 g/mol. The van der Waals surface area contributed by atoms with Crippen molar-refractivity contribution < 1.29 is 47.9 Å². The molecule has 2 heterocycles. The summed E-state index contributed by atoms with van der Waals surface area (Å²) in [4.78, 5) is 34.2. The number of cyclic esters (lactones) is 2. The maximum absolute atomic E-state index is 11.7. The van der Waals surface area contributed by atoms with Crippen molar-refractivity contribution in [2.75, 3.05) is 13.2 Å². The molecule has 0 bridgehead atoms. The number of ether oxygens (including phenoxy) is 6. The van der Waals surface area contributed by atoms with Gasteiger partial charge in [0, 0.05) is 0 Å². The molecule has 1 N–H and O–H groups in total. The highest BCUT2D eigenvalue weighted by Gasteiger charge is 2.34. The molecule has 10 nitrogen and oxygen atoms in total. The van der Waals surface area contributed by atoms with E-state index < -0.39 is 36.8 Å². The predicted octanol–water partition coefficient (Wildman–Crippen LogP) is -0.276. The Hall–Kier alpha value is -2.69. The molecule has 0 amide bonds. The number of aliphatic hydroxyl groups is 1. The molecule has 2 fully saturated rings. The number of rotatable bonds is 4. The Morgan fingerprint density at radius 3 is 2.04 bits per heavy atom. The number of carbonyl (C=O) groups excluding carboxylic acids is 3. The van der Waals surface area contributed by atoms with Crippen LogP contribution in [0.15, 0.2) is 24.3 Å². The highest BCUT2D eigenvalue weighted by atomic mass is 16.8. The molecule has 3 rings (SSSR count). The molecule has 2 saturated heterocycles. The molecule has 3 atom stereocenters. The fourth-order valence-corrected chi connectivity index (χ4v) is 1.90. The summed E-state index contributed by atoms with van der Waals surface area (Å²) in [6, 6.07) is 5.56. The quantitative estimate of drug-likeness (QED) is 0.577. The first kappa shape index (κ1) is 16.2. The van der Waals surface area contributed by atoms with Gasteiger partial charge in [-0.25, -0.2) is 14.4 Å². The van der Waals surface area contributed by atoms with Crippen LogP contribution in [-0.2, 0) is 28.5 Å².